The second-order valence-corrected chi connectivity index (χ2v) is 7.34. The molecule has 1 heterocycles. The second-order valence-electron chi connectivity index (χ2n) is 6.11. The van der Waals surface area contributed by atoms with Crippen molar-refractivity contribution in [1.29, 1.82) is 0 Å². The summed E-state index contributed by atoms with van der Waals surface area (Å²) in [5.74, 6) is 0.784. The van der Waals surface area contributed by atoms with E-state index in [0.29, 0.717) is 12.1 Å². The first-order chi connectivity index (χ1) is 9.11. The normalized spacial score (nSPS) is 19.0. The van der Waals surface area contributed by atoms with Gasteiger partial charge in [0.1, 0.15) is 5.01 Å². The van der Waals surface area contributed by atoms with E-state index in [9.17, 15) is 0 Å². The highest BCUT2D eigenvalue weighted by Crippen LogP contribution is 2.37. The number of hydrogen-bond acceptors (Lipinski definition) is 3. The van der Waals surface area contributed by atoms with Crippen LogP contribution >= 0.6 is 11.3 Å². The molecule has 2 rings (SSSR count). The summed E-state index contributed by atoms with van der Waals surface area (Å²) in [6.07, 6.45) is 8.00. The van der Waals surface area contributed by atoms with Gasteiger partial charge in [0.05, 0.1) is 11.7 Å². The van der Waals surface area contributed by atoms with Crippen LogP contribution in [0.25, 0.3) is 0 Å². The Labute approximate surface area is 122 Å². The number of thiazole rings is 1. The highest BCUT2D eigenvalue weighted by Gasteiger charge is 2.28. The van der Waals surface area contributed by atoms with Crippen LogP contribution in [0.5, 0.6) is 0 Å². The predicted octanol–water partition coefficient (Wildman–Crippen LogP) is 4.63. The van der Waals surface area contributed by atoms with Crippen molar-refractivity contribution in [2.24, 2.45) is 5.92 Å². The Balaban J connectivity index is 2.19. The van der Waals surface area contributed by atoms with Gasteiger partial charge in [-0.25, -0.2) is 4.98 Å². The topological polar surface area (TPSA) is 24.9 Å². The number of aryl methyl sites for hydroxylation is 2. The molecule has 0 bridgehead atoms. The molecule has 19 heavy (non-hydrogen) atoms. The lowest BCUT2D eigenvalue weighted by Gasteiger charge is -2.31. The van der Waals surface area contributed by atoms with Crippen molar-refractivity contribution in [2.45, 2.75) is 78.3 Å². The average Bonchev–Trinajstić information content (AvgIpc) is 2.78. The third-order valence-corrected chi connectivity index (χ3v) is 5.24. The van der Waals surface area contributed by atoms with E-state index in [1.165, 1.54) is 47.7 Å². The Morgan fingerprint density at radius 1 is 1.26 bits per heavy atom. The monoisotopic (exact) mass is 280 g/mol. The maximum absolute atomic E-state index is 4.91. The van der Waals surface area contributed by atoms with Crippen LogP contribution in [-0.2, 0) is 6.42 Å². The number of rotatable bonds is 5. The van der Waals surface area contributed by atoms with Gasteiger partial charge in [0.25, 0.3) is 0 Å². The van der Waals surface area contributed by atoms with E-state index in [4.69, 9.17) is 4.98 Å². The average molecular weight is 280 g/mol. The van der Waals surface area contributed by atoms with Crippen LogP contribution in [0.2, 0.25) is 0 Å². The van der Waals surface area contributed by atoms with E-state index in [2.05, 4.69) is 33.0 Å². The van der Waals surface area contributed by atoms with Crippen LogP contribution in [0, 0.1) is 12.8 Å². The van der Waals surface area contributed by atoms with Crippen LogP contribution < -0.4 is 5.32 Å². The molecule has 1 N–H and O–H groups in total. The summed E-state index contributed by atoms with van der Waals surface area (Å²) in [5.41, 5.74) is 1.30. The van der Waals surface area contributed by atoms with Gasteiger partial charge < -0.3 is 5.32 Å². The lowest BCUT2D eigenvalue weighted by Crippen LogP contribution is -2.34. The molecule has 1 aromatic rings. The molecule has 1 aromatic heterocycles. The third kappa shape index (κ3) is 3.79. The Kier molecular flexibility index (Phi) is 5.40. The van der Waals surface area contributed by atoms with Gasteiger partial charge in [-0.15, -0.1) is 11.3 Å². The number of hydrogen-bond donors (Lipinski definition) is 1. The van der Waals surface area contributed by atoms with Gasteiger partial charge in [-0.05, 0) is 32.1 Å². The van der Waals surface area contributed by atoms with Gasteiger partial charge in [0.2, 0.25) is 0 Å². The number of aromatic nitrogens is 1. The molecule has 0 saturated heterocycles. The van der Waals surface area contributed by atoms with E-state index in [1.54, 1.807) is 0 Å². The molecule has 0 amide bonds. The largest absolute Gasteiger partial charge is 0.305 e. The van der Waals surface area contributed by atoms with E-state index < -0.39 is 0 Å². The maximum atomic E-state index is 4.91. The zero-order valence-corrected chi connectivity index (χ0v) is 13.6. The molecule has 1 aliphatic rings. The molecule has 1 atom stereocenters. The third-order valence-electron chi connectivity index (χ3n) is 4.14. The highest BCUT2D eigenvalue weighted by molar-refractivity contribution is 7.11. The molecule has 1 saturated carbocycles. The highest BCUT2D eigenvalue weighted by atomic mass is 32.1. The summed E-state index contributed by atoms with van der Waals surface area (Å²) in [4.78, 5) is 6.32. The fraction of sp³-hybridized carbons (Fsp3) is 0.812. The smallest absolute Gasteiger partial charge is 0.110 e. The molecule has 108 valence electrons. The molecule has 1 fully saturated rings. The van der Waals surface area contributed by atoms with Crippen molar-refractivity contribution >= 4 is 11.3 Å². The van der Waals surface area contributed by atoms with Crippen LogP contribution in [0.15, 0.2) is 0 Å². The van der Waals surface area contributed by atoms with Gasteiger partial charge in [-0.3, -0.25) is 0 Å². The molecule has 0 radical (unpaired) electrons. The summed E-state index contributed by atoms with van der Waals surface area (Å²) >= 11 is 1.91. The Morgan fingerprint density at radius 3 is 2.47 bits per heavy atom. The van der Waals surface area contributed by atoms with Crippen LogP contribution in [-0.4, -0.2) is 11.0 Å². The summed E-state index contributed by atoms with van der Waals surface area (Å²) < 4.78 is 0. The van der Waals surface area contributed by atoms with Crippen LogP contribution in [0.1, 0.15) is 74.5 Å². The minimum Gasteiger partial charge on any atom is -0.305 e. The lowest BCUT2D eigenvalue weighted by atomic mass is 9.84. The van der Waals surface area contributed by atoms with Crippen molar-refractivity contribution in [1.82, 2.24) is 10.3 Å². The van der Waals surface area contributed by atoms with Crippen molar-refractivity contribution in [3.63, 3.8) is 0 Å². The lowest BCUT2D eigenvalue weighted by molar-refractivity contribution is 0.260. The first-order valence-corrected chi connectivity index (χ1v) is 8.65. The zero-order chi connectivity index (χ0) is 13.8. The van der Waals surface area contributed by atoms with Gasteiger partial charge in [0.15, 0.2) is 0 Å². The molecule has 1 aliphatic carbocycles. The van der Waals surface area contributed by atoms with Crippen molar-refractivity contribution in [3.05, 3.63) is 15.6 Å². The fourth-order valence-corrected chi connectivity index (χ4v) is 4.31. The maximum Gasteiger partial charge on any atom is 0.110 e. The van der Waals surface area contributed by atoms with Gasteiger partial charge in [0, 0.05) is 10.9 Å². The molecule has 3 heteroatoms. The Bertz CT molecular complexity index is 391. The SMILES string of the molecule is CCc1nc(C(NC(C)C)C2CCCCC2)sc1C. The standard InChI is InChI=1S/C16H28N2S/c1-5-14-12(4)19-16(18-14)15(17-11(2)3)13-9-7-6-8-10-13/h11,13,15,17H,5-10H2,1-4H3. The predicted molar refractivity (Wildman–Crippen MR) is 83.8 cm³/mol. The van der Waals surface area contributed by atoms with Gasteiger partial charge in [-0.2, -0.15) is 0 Å². The summed E-state index contributed by atoms with van der Waals surface area (Å²) in [6, 6.07) is 1.01. The first kappa shape index (κ1) is 15.0. The molecular weight excluding hydrogens is 252 g/mol. The van der Waals surface area contributed by atoms with Gasteiger partial charge >= 0.3 is 0 Å². The van der Waals surface area contributed by atoms with E-state index >= 15 is 0 Å². The van der Waals surface area contributed by atoms with Crippen molar-refractivity contribution < 1.29 is 0 Å². The molecule has 1 unspecified atom stereocenters. The molecule has 0 aliphatic heterocycles. The first-order valence-electron chi connectivity index (χ1n) is 7.84. The molecule has 2 nitrogen and oxygen atoms in total. The van der Waals surface area contributed by atoms with E-state index in [1.807, 2.05) is 11.3 Å². The van der Waals surface area contributed by atoms with E-state index in [0.717, 1.165) is 12.3 Å². The summed E-state index contributed by atoms with van der Waals surface area (Å²) in [5, 5.41) is 5.11. The number of nitrogens with zero attached hydrogens (tertiary/aromatic N) is 1. The second kappa shape index (κ2) is 6.85. The zero-order valence-electron chi connectivity index (χ0n) is 12.8. The van der Waals surface area contributed by atoms with E-state index in [-0.39, 0.29) is 0 Å². The van der Waals surface area contributed by atoms with Crippen LogP contribution in [0.3, 0.4) is 0 Å². The minimum atomic E-state index is 0.476. The molecule has 0 aromatic carbocycles. The summed E-state index contributed by atoms with van der Waals surface area (Å²) in [6.45, 7) is 8.92. The fourth-order valence-electron chi connectivity index (χ4n) is 3.15. The number of nitrogens with one attached hydrogen (secondary N) is 1. The molecule has 0 spiro atoms. The quantitative estimate of drug-likeness (QED) is 0.850. The Hall–Kier alpha value is -0.410. The Morgan fingerprint density at radius 2 is 1.95 bits per heavy atom. The van der Waals surface area contributed by atoms with Crippen molar-refractivity contribution in [2.75, 3.05) is 0 Å². The summed E-state index contributed by atoms with van der Waals surface area (Å²) in [7, 11) is 0. The van der Waals surface area contributed by atoms with Crippen LogP contribution in [0.4, 0.5) is 0 Å². The van der Waals surface area contributed by atoms with Crippen molar-refractivity contribution in [3.8, 4) is 0 Å². The molecular formula is C16H28N2S. The van der Waals surface area contributed by atoms with Gasteiger partial charge in [-0.1, -0.05) is 40.0 Å². The minimum absolute atomic E-state index is 0.476.